The molecular formula is C21H27ClN2O3S. The van der Waals surface area contributed by atoms with Gasteiger partial charge in [-0.15, -0.1) is 23.7 Å². The second-order valence-electron chi connectivity index (χ2n) is 7.07. The summed E-state index contributed by atoms with van der Waals surface area (Å²) < 4.78 is 11.3. The Bertz CT molecular complexity index is 803. The average Bonchev–Trinajstić information content (AvgIpc) is 3.22. The zero-order chi connectivity index (χ0) is 18.6. The van der Waals surface area contributed by atoms with Crippen LogP contribution in [0.3, 0.4) is 0 Å². The fourth-order valence-electron chi connectivity index (χ4n) is 3.65. The molecule has 1 saturated heterocycles. The van der Waals surface area contributed by atoms with Crippen LogP contribution in [0.1, 0.15) is 29.4 Å². The summed E-state index contributed by atoms with van der Waals surface area (Å²) in [7, 11) is 0. The fraction of sp³-hybridized carbons (Fsp3) is 0.476. The number of ether oxygens (including phenoxy) is 2. The number of fused-ring (bicyclic) bond motifs is 1. The van der Waals surface area contributed by atoms with Crippen molar-refractivity contribution >= 4 is 29.7 Å². The van der Waals surface area contributed by atoms with Crippen molar-refractivity contribution in [3.8, 4) is 21.9 Å². The molecule has 5 nitrogen and oxygen atoms in total. The predicted molar refractivity (Wildman–Crippen MR) is 115 cm³/mol. The number of benzene rings is 1. The molecule has 1 aromatic heterocycles. The molecule has 0 unspecified atom stereocenters. The average molecular weight is 423 g/mol. The molecule has 7 heteroatoms. The number of nitrogens with zero attached hydrogens (tertiary/aromatic N) is 1. The molecule has 0 bridgehead atoms. The Hall–Kier alpha value is -1.76. The van der Waals surface area contributed by atoms with Crippen molar-refractivity contribution in [2.24, 2.45) is 5.92 Å². The monoisotopic (exact) mass is 422 g/mol. The van der Waals surface area contributed by atoms with E-state index in [0.717, 1.165) is 65.8 Å². The molecule has 1 aromatic carbocycles. The lowest BCUT2D eigenvalue weighted by Crippen LogP contribution is -2.40. The van der Waals surface area contributed by atoms with E-state index in [2.05, 4.69) is 12.2 Å². The van der Waals surface area contributed by atoms with Gasteiger partial charge in [-0.1, -0.05) is 6.92 Å². The minimum atomic E-state index is 0. The summed E-state index contributed by atoms with van der Waals surface area (Å²) >= 11 is 1.55. The van der Waals surface area contributed by atoms with Gasteiger partial charge >= 0.3 is 0 Å². The van der Waals surface area contributed by atoms with Gasteiger partial charge in [-0.05, 0) is 67.7 Å². The van der Waals surface area contributed by atoms with Crippen molar-refractivity contribution in [2.75, 3.05) is 39.4 Å². The highest BCUT2D eigenvalue weighted by molar-refractivity contribution is 7.17. The maximum Gasteiger partial charge on any atom is 0.263 e. The second kappa shape index (κ2) is 9.63. The SMILES string of the molecule is CCNCC1CCN(C(=O)c2ccc(-c3ccc4c(c3)OCCO4)s2)CC1.Cl. The van der Waals surface area contributed by atoms with Gasteiger partial charge in [0.15, 0.2) is 11.5 Å². The Morgan fingerprint density at radius 3 is 2.64 bits per heavy atom. The quantitative estimate of drug-likeness (QED) is 0.789. The molecule has 2 aliphatic rings. The van der Waals surface area contributed by atoms with Crippen LogP contribution in [0.5, 0.6) is 11.5 Å². The highest BCUT2D eigenvalue weighted by Crippen LogP contribution is 2.37. The Balaban J connectivity index is 0.00000225. The molecule has 0 radical (unpaired) electrons. The number of hydrogen-bond donors (Lipinski definition) is 1. The molecular weight excluding hydrogens is 396 g/mol. The number of carbonyl (C=O) groups excluding carboxylic acids is 1. The number of likely N-dealkylation sites (tertiary alicyclic amines) is 1. The summed E-state index contributed by atoms with van der Waals surface area (Å²) in [5, 5.41) is 3.42. The van der Waals surface area contributed by atoms with Crippen LogP contribution < -0.4 is 14.8 Å². The van der Waals surface area contributed by atoms with Gasteiger partial charge in [0.1, 0.15) is 13.2 Å². The summed E-state index contributed by atoms with van der Waals surface area (Å²) in [6, 6.07) is 9.95. The lowest BCUT2D eigenvalue weighted by molar-refractivity contribution is 0.0695. The van der Waals surface area contributed by atoms with Gasteiger partial charge in [0.2, 0.25) is 0 Å². The van der Waals surface area contributed by atoms with Crippen LogP contribution in [0.15, 0.2) is 30.3 Å². The predicted octanol–water partition coefficient (Wildman–Crippen LogP) is 4.07. The second-order valence-corrected chi connectivity index (χ2v) is 8.15. The van der Waals surface area contributed by atoms with Crippen LogP contribution >= 0.6 is 23.7 Å². The highest BCUT2D eigenvalue weighted by Gasteiger charge is 2.24. The third kappa shape index (κ3) is 4.62. The molecule has 28 heavy (non-hydrogen) atoms. The number of amides is 1. The largest absolute Gasteiger partial charge is 0.486 e. The van der Waals surface area contributed by atoms with Gasteiger partial charge in [0.05, 0.1) is 4.88 Å². The number of nitrogens with one attached hydrogen (secondary N) is 1. The Labute approximate surface area is 176 Å². The molecule has 4 rings (SSSR count). The zero-order valence-corrected chi connectivity index (χ0v) is 17.7. The van der Waals surface area contributed by atoms with Crippen LogP contribution in [-0.4, -0.2) is 50.2 Å². The van der Waals surface area contributed by atoms with Gasteiger partial charge in [-0.3, -0.25) is 4.79 Å². The van der Waals surface area contributed by atoms with E-state index < -0.39 is 0 Å². The third-order valence-electron chi connectivity index (χ3n) is 5.23. The van der Waals surface area contributed by atoms with Crippen LogP contribution in [0.25, 0.3) is 10.4 Å². The van der Waals surface area contributed by atoms with E-state index in [1.165, 1.54) is 0 Å². The third-order valence-corrected chi connectivity index (χ3v) is 6.35. The van der Waals surface area contributed by atoms with Crippen molar-refractivity contribution in [1.82, 2.24) is 10.2 Å². The first kappa shape index (κ1) is 21.0. The normalized spacial score (nSPS) is 16.5. The van der Waals surface area contributed by atoms with Crippen molar-refractivity contribution in [3.05, 3.63) is 35.2 Å². The lowest BCUT2D eigenvalue weighted by Gasteiger charge is -2.31. The number of hydrogen-bond acceptors (Lipinski definition) is 5. The number of piperidine rings is 1. The van der Waals surface area contributed by atoms with E-state index in [1.54, 1.807) is 11.3 Å². The van der Waals surface area contributed by atoms with Crippen molar-refractivity contribution in [1.29, 1.82) is 0 Å². The van der Waals surface area contributed by atoms with Gasteiger partial charge < -0.3 is 19.7 Å². The Kier molecular flexibility index (Phi) is 7.21. The van der Waals surface area contributed by atoms with Crippen molar-refractivity contribution < 1.29 is 14.3 Å². The first-order valence-corrected chi connectivity index (χ1v) is 10.6. The summed E-state index contributed by atoms with van der Waals surface area (Å²) in [5.41, 5.74) is 1.06. The number of halogens is 1. The maximum absolute atomic E-state index is 12.9. The molecule has 2 aliphatic heterocycles. The van der Waals surface area contributed by atoms with E-state index in [4.69, 9.17) is 9.47 Å². The minimum absolute atomic E-state index is 0. The number of carbonyl (C=O) groups is 1. The standard InChI is InChI=1S/C21H26N2O3S.ClH/c1-2-22-14-15-7-9-23(10-8-15)21(24)20-6-5-19(27-20)16-3-4-17-18(13-16)26-12-11-25-17;/h3-6,13,15,22H,2,7-12,14H2,1H3;1H. The topological polar surface area (TPSA) is 50.8 Å². The summed E-state index contributed by atoms with van der Waals surface area (Å²) in [6.45, 7) is 7.08. The van der Waals surface area contributed by atoms with Crippen LogP contribution in [0.2, 0.25) is 0 Å². The highest BCUT2D eigenvalue weighted by atomic mass is 35.5. The van der Waals surface area contributed by atoms with E-state index >= 15 is 0 Å². The van der Waals surface area contributed by atoms with E-state index in [1.807, 2.05) is 35.2 Å². The van der Waals surface area contributed by atoms with Crippen LogP contribution in [-0.2, 0) is 0 Å². The Morgan fingerprint density at radius 2 is 1.89 bits per heavy atom. The summed E-state index contributed by atoms with van der Waals surface area (Å²) in [6.07, 6.45) is 2.16. The smallest absolute Gasteiger partial charge is 0.263 e. The molecule has 0 aliphatic carbocycles. The van der Waals surface area contributed by atoms with Gasteiger partial charge in [-0.25, -0.2) is 0 Å². The van der Waals surface area contributed by atoms with Crippen LogP contribution in [0.4, 0.5) is 0 Å². The molecule has 3 heterocycles. The zero-order valence-electron chi connectivity index (χ0n) is 16.1. The molecule has 152 valence electrons. The molecule has 0 spiro atoms. The van der Waals surface area contributed by atoms with Crippen LogP contribution in [0, 0.1) is 5.92 Å². The van der Waals surface area contributed by atoms with Crippen molar-refractivity contribution in [2.45, 2.75) is 19.8 Å². The fourth-order valence-corrected chi connectivity index (χ4v) is 4.62. The molecule has 0 atom stereocenters. The first-order chi connectivity index (χ1) is 13.2. The van der Waals surface area contributed by atoms with Gasteiger partial charge in [-0.2, -0.15) is 0 Å². The van der Waals surface area contributed by atoms with E-state index in [9.17, 15) is 4.79 Å². The summed E-state index contributed by atoms with van der Waals surface area (Å²) in [5.74, 6) is 2.41. The van der Waals surface area contributed by atoms with Crippen molar-refractivity contribution in [3.63, 3.8) is 0 Å². The Morgan fingerprint density at radius 1 is 1.14 bits per heavy atom. The molecule has 1 N–H and O–H groups in total. The van der Waals surface area contributed by atoms with E-state index in [0.29, 0.717) is 19.1 Å². The molecule has 0 saturated carbocycles. The first-order valence-electron chi connectivity index (χ1n) is 9.74. The van der Waals surface area contributed by atoms with E-state index in [-0.39, 0.29) is 18.3 Å². The minimum Gasteiger partial charge on any atom is -0.486 e. The number of thiophene rings is 1. The van der Waals surface area contributed by atoms with Gasteiger partial charge in [0, 0.05) is 18.0 Å². The maximum atomic E-state index is 12.9. The molecule has 2 aromatic rings. The lowest BCUT2D eigenvalue weighted by atomic mass is 9.96. The summed E-state index contributed by atoms with van der Waals surface area (Å²) in [4.78, 5) is 16.8. The number of rotatable bonds is 5. The molecule has 1 amide bonds. The molecule has 1 fully saturated rings. The van der Waals surface area contributed by atoms with Gasteiger partial charge in [0.25, 0.3) is 5.91 Å².